The summed E-state index contributed by atoms with van der Waals surface area (Å²) >= 11 is 0. The Hall–Kier alpha value is -2.45. The molecule has 3 N–H and O–H groups in total. The number of nitrogens with one attached hydrogen (secondary N) is 1. The number of aromatic nitrogens is 2. The zero-order chi connectivity index (χ0) is 20.5. The van der Waals surface area contributed by atoms with Crippen LogP contribution in [0, 0.1) is 0 Å². The van der Waals surface area contributed by atoms with E-state index in [0.29, 0.717) is 12.5 Å². The maximum Gasteiger partial charge on any atom is 0.329 e. The van der Waals surface area contributed by atoms with Crippen LogP contribution in [0.2, 0.25) is 0 Å². The van der Waals surface area contributed by atoms with E-state index in [1.54, 1.807) is 16.2 Å². The summed E-state index contributed by atoms with van der Waals surface area (Å²) < 4.78 is 3.18. The highest BCUT2D eigenvalue weighted by atomic mass is 16.2. The summed E-state index contributed by atoms with van der Waals surface area (Å²) in [6.45, 7) is 3.12. The molecule has 0 aliphatic carbocycles. The van der Waals surface area contributed by atoms with Gasteiger partial charge in [0.25, 0.3) is 0 Å². The van der Waals surface area contributed by atoms with Crippen molar-refractivity contribution in [2.75, 3.05) is 19.6 Å². The van der Waals surface area contributed by atoms with Crippen LogP contribution in [0.3, 0.4) is 0 Å². The highest BCUT2D eigenvalue weighted by molar-refractivity contribution is 6.00. The van der Waals surface area contributed by atoms with Gasteiger partial charge in [-0.05, 0) is 63.4 Å². The maximum absolute atomic E-state index is 13.0. The minimum atomic E-state index is -0.642. The maximum atomic E-state index is 13.0. The van der Waals surface area contributed by atoms with E-state index >= 15 is 0 Å². The number of aryl methyl sites for hydroxylation is 2. The van der Waals surface area contributed by atoms with Crippen molar-refractivity contribution >= 4 is 22.8 Å². The number of amides is 2. The second-order valence-corrected chi connectivity index (χ2v) is 8.25. The fourth-order valence-electron chi connectivity index (χ4n) is 4.62. The predicted molar refractivity (Wildman–Crippen MR) is 111 cm³/mol. The Kier molecular flexibility index (Phi) is 5.56. The van der Waals surface area contributed by atoms with Crippen molar-refractivity contribution < 1.29 is 9.59 Å². The number of imidazole rings is 1. The van der Waals surface area contributed by atoms with Gasteiger partial charge in [0.1, 0.15) is 6.04 Å². The summed E-state index contributed by atoms with van der Waals surface area (Å²) in [5.41, 5.74) is 8.51. The molecule has 1 aromatic carbocycles. The second kappa shape index (κ2) is 8.12. The average molecular weight is 399 g/mol. The van der Waals surface area contributed by atoms with Crippen molar-refractivity contribution in [3.8, 4) is 0 Å². The molecular formula is C21H29N5O3. The molecule has 1 unspecified atom stereocenters. The first-order valence-corrected chi connectivity index (χ1v) is 10.5. The Bertz CT molecular complexity index is 984. The van der Waals surface area contributed by atoms with E-state index in [0.717, 1.165) is 61.9 Å². The minimum Gasteiger partial charge on any atom is -0.328 e. The van der Waals surface area contributed by atoms with E-state index in [4.69, 9.17) is 5.73 Å². The number of carbonyl (C=O) groups excluding carboxylic acids is 2. The molecule has 1 aromatic heterocycles. The van der Waals surface area contributed by atoms with Crippen molar-refractivity contribution in [2.45, 2.75) is 50.6 Å². The smallest absolute Gasteiger partial charge is 0.328 e. The molecule has 3 heterocycles. The lowest BCUT2D eigenvalue weighted by Crippen LogP contribution is -2.44. The number of carbonyl (C=O) groups is 2. The van der Waals surface area contributed by atoms with Gasteiger partial charge in [0, 0.05) is 19.5 Å². The van der Waals surface area contributed by atoms with Crippen molar-refractivity contribution in [1.29, 1.82) is 0 Å². The molecule has 0 spiro atoms. The van der Waals surface area contributed by atoms with E-state index < -0.39 is 11.9 Å². The number of fused-ring (bicyclic) bond motifs is 1. The number of hydrogen-bond donors (Lipinski definition) is 2. The van der Waals surface area contributed by atoms with Crippen molar-refractivity contribution in [3.05, 3.63) is 34.2 Å². The summed E-state index contributed by atoms with van der Waals surface area (Å²) in [5.74, 6) is -0.677. The summed E-state index contributed by atoms with van der Waals surface area (Å²) in [6, 6.07) is 5.58. The summed E-state index contributed by atoms with van der Waals surface area (Å²) in [5, 5.41) is 2.36. The van der Waals surface area contributed by atoms with Gasteiger partial charge in [0.05, 0.1) is 11.0 Å². The SMILES string of the molecule is Cn1c(=O)n(C2CCC(=O)NC2=O)c2cccc(CCCN3CCC(N)CC3)c21. The average Bonchev–Trinajstić information content (AvgIpc) is 2.95. The van der Waals surface area contributed by atoms with E-state index in [-0.39, 0.29) is 18.0 Å². The van der Waals surface area contributed by atoms with Crippen molar-refractivity contribution in [2.24, 2.45) is 12.8 Å². The monoisotopic (exact) mass is 399 g/mol. The Morgan fingerprint density at radius 2 is 1.90 bits per heavy atom. The Labute approximate surface area is 169 Å². The number of rotatable bonds is 5. The van der Waals surface area contributed by atoms with Crippen LogP contribution in [0.4, 0.5) is 0 Å². The molecule has 0 radical (unpaired) electrons. The molecule has 2 aromatic rings. The number of piperidine rings is 2. The molecule has 8 nitrogen and oxygen atoms in total. The molecule has 2 saturated heterocycles. The van der Waals surface area contributed by atoms with Gasteiger partial charge in [-0.2, -0.15) is 0 Å². The fourth-order valence-corrected chi connectivity index (χ4v) is 4.62. The molecule has 0 saturated carbocycles. The molecule has 2 fully saturated rings. The zero-order valence-electron chi connectivity index (χ0n) is 16.9. The molecule has 2 amide bonds. The van der Waals surface area contributed by atoms with Crippen LogP contribution in [0.15, 0.2) is 23.0 Å². The number of benzene rings is 1. The summed E-state index contributed by atoms with van der Waals surface area (Å²) in [6.07, 6.45) is 4.58. The minimum absolute atomic E-state index is 0.216. The normalized spacial score (nSPS) is 21.7. The number of para-hydroxylation sites is 1. The molecule has 2 aliphatic heterocycles. The van der Waals surface area contributed by atoms with Crippen molar-refractivity contribution in [1.82, 2.24) is 19.4 Å². The highest BCUT2D eigenvalue weighted by Crippen LogP contribution is 2.25. The van der Waals surface area contributed by atoms with E-state index in [2.05, 4.69) is 16.3 Å². The Morgan fingerprint density at radius 3 is 2.62 bits per heavy atom. The zero-order valence-corrected chi connectivity index (χ0v) is 16.9. The third kappa shape index (κ3) is 3.86. The lowest BCUT2D eigenvalue weighted by Gasteiger charge is -2.29. The molecule has 1 atom stereocenters. The van der Waals surface area contributed by atoms with Gasteiger partial charge in [-0.15, -0.1) is 0 Å². The quantitative estimate of drug-likeness (QED) is 0.720. The van der Waals surface area contributed by atoms with Crippen molar-refractivity contribution in [3.63, 3.8) is 0 Å². The predicted octanol–water partition coefficient (Wildman–Crippen LogP) is 0.673. The molecule has 156 valence electrons. The van der Waals surface area contributed by atoms with Crippen LogP contribution in [0.5, 0.6) is 0 Å². The van der Waals surface area contributed by atoms with Gasteiger partial charge in [0.2, 0.25) is 11.8 Å². The van der Waals surface area contributed by atoms with E-state index in [9.17, 15) is 14.4 Å². The number of imide groups is 1. The number of nitrogens with two attached hydrogens (primary N) is 1. The third-order valence-corrected chi connectivity index (χ3v) is 6.26. The lowest BCUT2D eigenvalue weighted by atomic mass is 10.0. The summed E-state index contributed by atoms with van der Waals surface area (Å²) in [4.78, 5) is 39.3. The van der Waals surface area contributed by atoms with Crippen LogP contribution in [0.25, 0.3) is 11.0 Å². The second-order valence-electron chi connectivity index (χ2n) is 8.25. The summed E-state index contributed by atoms with van der Waals surface area (Å²) in [7, 11) is 1.75. The first-order chi connectivity index (χ1) is 14.0. The third-order valence-electron chi connectivity index (χ3n) is 6.26. The molecule has 8 heteroatoms. The van der Waals surface area contributed by atoms with Gasteiger partial charge in [-0.3, -0.25) is 24.0 Å². The first-order valence-electron chi connectivity index (χ1n) is 10.5. The fraction of sp³-hybridized carbons (Fsp3) is 0.571. The van der Waals surface area contributed by atoms with Crippen LogP contribution in [0.1, 0.15) is 43.7 Å². The van der Waals surface area contributed by atoms with E-state index in [1.165, 1.54) is 0 Å². The Morgan fingerprint density at radius 1 is 1.14 bits per heavy atom. The van der Waals surface area contributed by atoms with Crippen LogP contribution in [-0.2, 0) is 23.1 Å². The van der Waals surface area contributed by atoms with Crippen LogP contribution < -0.4 is 16.7 Å². The standard InChI is InChI=1S/C21H29N5O3/c1-24-19-14(5-3-11-25-12-9-15(22)10-13-25)4-2-6-16(19)26(21(24)29)17-7-8-18(27)23-20(17)28/h2,4,6,15,17H,3,5,7-13,22H2,1H3,(H,23,27,28). The molecule has 4 rings (SSSR count). The van der Waals surface area contributed by atoms with Crippen LogP contribution >= 0.6 is 0 Å². The van der Waals surface area contributed by atoms with E-state index in [1.807, 2.05) is 12.1 Å². The van der Waals surface area contributed by atoms with Gasteiger partial charge >= 0.3 is 5.69 Å². The van der Waals surface area contributed by atoms with Gasteiger partial charge in [0.15, 0.2) is 0 Å². The van der Waals surface area contributed by atoms with Gasteiger partial charge in [-0.1, -0.05) is 12.1 Å². The molecule has 2 aliphatic rings. The van der Waals surface area contributed by atoms with Gasteiger partial charge in [-0.25, -0.2) is 4.79 Å². The lowest BCUT2D eigenvalue weighted by molar-refractivity contribution is -0.135. The number of likely N-dealkylation sites (tertiary alicyclic amines) is 1. The number of hydrogen-bond acceptors (Lipinski definition) is 5. The number of nitrogens with zero attached hydrogens (tertiary/aromatic N) is 3. The first kappa shape index (κ1) is 19.8. The molecule has 29 heavy (non-hydrogen) atoms. The highest BCUT2D eigenvalue weighted by Gasteiger charge is 2.31. The molecule has 0 bridgehead atoms. The molecular weight excluding hydrogens is 370 g/mol. The topological polar surface area (TPSA) is 102 Å². The van der Waals surface area contributed by atoms with Crippen LogP contribution in [-0.4, -0.2) is 51.5 Å². The Balaban J connectivity index is 1.56. The largest absolute Gasteiger partial charge is 0.329 e. The van der Waals surface area contributed by atoms with Gasteiger partial charge < -0.3 is 10.6 Å².